The molecular weight excluding hydrogens is 1130 g/mol. The molecule has 0 aromatic carbocycles. The van der Waals surface area contributed by atoms with Crippen molar-refractivity contribution < 1.29 is 80.2 Å². The van der Waals surface area contributed by atoms with Gasteiger partial charge in [-0.2, -0.15) is 0 Å². The third-order valence-corrected chi connectivity index (χ3v) is 17.1. The van der Waals surface area contributed by atoms with Crippen molar-refractivity contribution in [3.8, 4) is 0 Å². The predicted octanol–water partition coefficient (Wildman–Crippen LogP) is 18.4. The van der Waals surface area contributed by atoms with Gasteiger partial charge in [-0.3, -0.25) is 37.3 Å². The van der Waals surface area contributed by atoms with Crippen molar-refractivity contribution in [2.45, 2.75) is 349 Å². The average Bonchev–Trinajstić information content (AvgIpc) is 3.47. The summed E-state index contributed by atoms with van der Waals surface area (Å²) in [7, 11) is -9.89. The minimum atomic E-state index is -4.95. The Labute approximate surface area is 517 Å². The van der Waals surface area contributed by atoms with E-state index in [9.17, 15) is 43.2 Å². The molecule has 0 radical (unpaired) electrons. The summed E-state index contributed by atoms with van der Waals surface area (Å²) >= 11 is 0. The van der Waals surface area contributed by atoms with Crippen molar-refractivity contribution in [3.63, 3.8) is 0 Å². The summed E-state index contributed by atoms with van der Waals surface area (Å²) in [6.45, 7) is 9.45. The Hall–Kier alpha value is -1.94. The molecule has 3 N–H and O–H groups in total. The van der Waals surface area contributed by atoms with Gasteiger partial charge in [0.2, 0.25) is 0 Å². The van der Waals surface area contributed by atoms with Crippen LogP contribution in [-0.2, 0) is 65.4 Å². The Balaban J connectivity index is 5.23. The van der Waals surface area contributed by atoms with Crippen LogP contribution in [0.3, 0.4) is 0 Å². The van der Waals surface area contributed by atoms with Crippen LogP contribution < -0.4 is 0 Å². The lowest BCUT2D eigenvalue weighted by Gasteiger charge is -2.21. The molecule has 0 bridgehead atoms. The van der Waals surface area contributed by atoms with E-state index in [2.05, 4.69) is 41.5 Å². The number of ether oxygens (including phenoxy) is 4. The van der Waals surface area contributed by atoms with Crippen LogP contribution in [0.4, 0.5) is 0 Å². The van der Waals surface area contributed by atoms with Gasteiger partial charge in [-0.25, -0.2) is 9.13 Å². The van der Waals surface area contributed by atoms with E-state index in [-0.39, 0.29) is 25.7 Å². The molecule has 0 heterocycles. The van der Waals surface area contributed by atoms with E-state index in [4.69, 9.17) is 37.0 Å². The molecule has 5 atom stereocenters. The molecule has 85 heavy (non-hydrogen) atoms. The van der Waals surface area contributed by atoms with Gasteiger partial charge in [-0.1, -0.05) is 279 Å². The van der Waals surface area contributed by atoms with Gasteiger partial charge < -0.3 is 33.8 Å². The number of phosphoric ester groups is 2. The summed E-state index contributed by atoms with van der Waals surface area (Å²) in [5.41, 5.74) is 0. The Bertz CT molecular complexity index is 1670. The summed E-state index contributed by atoms with van der Waals surface area (Å²) in [5.74, 6) is -0.649. The van der Waals surface area contributed by atoms with Gasteiger partial charge in [0.25, 0.3) is 0 Å². The van der Waals surface area contributed by atoms with Crippen molar-refractivity contribution in [2.24, 2.45) is 11.8 Å². The number of aliphatic hydroxyl groups is 1. The molecule has 2 unspecified atom stereocenters. The monoisotopic (exact) mass is 1250 g/mol. The van der Waals surface area contributed by atoms with E-state index in [1.807, 2.05) is 0 Å². The van der Waals surface area contributed by atoms with E-state index in [0.29, 0.717) is 31.6 Å². The number of carbonyl (C=O) groups is 4. The molecule has 0 aromatic heterocycles. The number of esters is 4. The first-order valence-electron chi connectivity index (χ1n) is 34.5. The molecule has 0 aromatic rings. The molecule has 504 valence electrons. The fourth-order valence-electron chi connectivity index (χ4n) is 9.88. The van der Waals surface area contributed by atoms with Crippen molar-refractivity contribution in [1.82, 2.24) is 0 Å². The van der Waals surface area contributed by atoms with Crippen LogP contribution in [0.25, 0.3) is 0 Å². The first kappa shape index (κ1) is 83.1. The minimum absolute atomic E-state index is 0.106. The van der Waals surface area contributed by atoms with Crippen molar-refractivity contribution in [2.75, 3.05) is 39.6 Å². The fourth-order valence-corrected chi connectivity index (χ4v) is 11.5. The molecule has 0 spiro atoms. The van der Waals surface area contributed by atoms with Gasteiger partial charge in [0, 0.05) is 25.7 Å². The highest BCUT2D eigenvalue weighted by molar-refractivity contribution is 7.47. The Morgan fingerprint density at radius 3 is 0.800 bits per heavy atom. The number of hydrogen-bond acceptors (Lipinski definition) is 15. The number of unbranched alkanes of at least 4 members (excludes halogenated alkanes) is 35. The fraction of sp³-hybridized carbons (Fsp3) is 0.939. The van der Waals surface area contributed by atoms with Gasteiger partial charge >= 0.3 is 39.5 Å². The number of phosphoric acid groups is 2. The lowest BCUT2D eigenvalue weighted by Crippen LogP contribution is -2.30. The van der Waals surface area contributed by atoms with E-state index in [1.54, 1.807) is 0 Å². The van der Waals surface area contributed by atoms with Crippen LogP contribution in [0, 0.1) is 11.8 Å². The smallest absolute Gasteiger partial charge is 0.462 e. The van der Waals surface area contributed by atoms with Crippen molar-refractivity contribution in [3.05, 3.63) is 0 Å². The third-order valence-electron chi connectivity index (χ3n) is 15.2. The number of rotatable bonds is 65. The van der Waals surface area contributed by atoms with Gasteiger partial charge in [0.05, 0.1) is 26.4 Å². The number of carbonyl (C=O) groups excluding carboxylic acids is 4. The maximum absolute atomic E-state index is 13.0. The normalized spacial score (nSPS) is 14.2. The predicted molar refractivity (Wildman–Crippen MR) is 340 cm³/mol. The van der Waals surface area contributed by atoms with Crippen molar-refractivity contribution in [1.29, 1.82) is 0 Å². The van der Waals surface area contributed by atoms with E-state index in [1.165, 1.54) is 141 Å². The third kappa shape index (κ3) is 60.7. The van der Waals surface area contributed by atoms with E-state index >= 15 is 0 Å². The molecule has 0 aliphatic heterocycles. The molecule has 0 aliphatic carbocycles. The molecule has 0 fully saturated rings. The maximum Gasteiger partial charge on any atom is 0.472 e. The molecule has 17 nitrogen and oxygen atoms in total. The highest BCUT2D eigenvalue weighted by Gasteiger charge is 2.30. The molecule has 0 aliphatic rings. The van der Waals surface area contributed by atoms with Gasteiger partial charge in [-0.15, -0.1) is 0 Å². The summed E-state index contributed by atoms with van der Waals surface area (Å²) in [5, 5.41) is 10.5. The minimum Gasteiger partial charge on any atom is -0.462 e. The second kappa shape index (κ2) is 58.4. The maximum atomic E-state index is 13.0. The molecular formula is C66H128O17P2. The first-order chi connectivity index (χ1) is 40.9. The summed E-state index contributed by atoms with van der Waals surface area (Å²) in [4.78, 5) is 72.3. The highest BCUT2D eigenvalue weighted by atomic mass is 31.2. The quantitative estimate of drug-likeness (QED) is 0.0222. The summed E-state index contributed by atoms with van der Waals surface area (Å²) < 4.78 is 68.1. The number of hydrogen-bond donors (Lipinski definition) is 3. The summed E-state index contributed by atoms with van der Waals surface area (Å²) in [6, 6.07) is 0. The number of aliphatic hydroxyl groups excluding tert-OH is 1. The van der Waals surface area contributed by atoms with Gasteiger partial charge in [0.1, 0.15) is 19.3 Å². The average molecular weight is 1260 g/mol. The lowest BCUT2D eigenvalue weighted by molar-refractivity contribution is -0.161. The molecule has 0 saturated carbocycles. The van der Waals surface area contributed by atoms with E-state index < -0.39 is 97.5 Å². The second-order valence-corrected chi connectivity index (χ2v) is 27.7. The van der Waals surface area contributed by atoms with Crippen LogP contribution in [0.1, 0.15) is 330 Å². The molecule has 0 saturated heterocycles. The largest absolute Gasteiger partial charge is 0.472 e. The Morgan fingerprint density at radius 1 is 0.318 bits per heavy atom. The van der Waals surface area contributed by atoms with Crippen molar-refractivity contribution >= 4 is 39.5 Å². The van der Waals surface area contributed by atoms with Gasteiger partial charge in [-0.05, 0) is 37.5 Å². The highest BCUT2D eigenvalue weighted by Crippen LogP contribution is 2.45. The van der Waals surface area contributed by atoms with Gasteiger partial charge in [0.15, 0.2) is 12.2 Å². The lowest BCUT2D eigenvalue weighted by atomic mass is 10.0. The SMILES string of the molecule is CCCCCCCCCCCCC(=O)OC[C@H](COP(=O)(O)OC[C@H](O)COP(=O)(O)OC[C@@H](COC(=O)CCCCCCCCCC(C)C)OC(=O)CCCCCCCCCCCCCCC(C)C)OC(=O)CCCCCCCCCCCC. The first-order valence-corrected chi connectivity index (χ1v) is 37.5. The zero-order valence-electron chi connectivity index (χ0n) is 54.9. The molecule has 19 heteroatoms. The topological polar surface area (TPSA) is 237 Å². The molecule has 0 amide bonds. The van der Waals surface area contributed by atoms with Crippen LogP contribution in [-0.4, -0.2) is 96.7 Å². The van der Waals surface area contributed by atoms with E-state index in [0.717, 1.165) is 102 Å². The Kier molecular flexibility index (Phi) is 57.1. The zero-order valence-corrected chi connectivity index (χ0v) is 56.7. The molecule has 0 rings (SSSR count). The second-order valence-electron chi connectivity index (χ2n) is 24.8. The Morgan fingerprint density at radius 2 is 0.541 bits per heavy atom. The van der Waals surface area contributed by atoms with Crippen LogP contribution >= 0.6 is 15.6 Å². The van der Waals surface area contributed by atoms with Crippen LogP contribution in [0.15, 0.2) is 0 Å². The van der Waals surface area contributed by atoms with Crippen LogP contribution in [0.5, 0.6) is 0 Å². The standard InChI is InChI=1S/C66H128O17P2/c1-7-9-11-13-15-17-24-30-36-42-48-63(68)76-54-61(82-65(70)50-44-38-31-25-18-16-14-12-10-8-2)56-80-84(72,73)78-52-60(67)53-79-85(74,75)81-57-62(55-77-64(69)49-43-37-33-27-29-35-41-47-59(5)6)83-66(71)51-45-39-32-26-22-20-19-21-23-28-34-40-46-58(3)4/h58-62,67H,7-57H2,1-6H3,(H,72,73)(H,74,75)/t60-,61+,62+/m0/s1. The van der Waals surface area contributed by atoms with Crippen LogP contribution in [0.2, 0.25) is 0 Å². The summed E-state index contributed by atoms with van der Waals surface area (Å²) in [6.07, 6.45) is 41.7. The zero-order chi connectivity index (χ0) is 62.9.